The smallest absolute Gasteiger partial charge is 0.237 e. The molecular weight excluding hydrogens is 402 g/mol. The van der Waals surface area contributed by atoms with E-state index in [1.165, 1.54) is 6.42 Å². The molecule has 4 fully saturated rings. The van der Waals surface area contributed by atoms with Crippen molar-refractivity contribution in [3.05, 3.63) is 0 Å². The van der Waals surface area contributed by atoms with Gasteiger partial charge in [0, 0.05) is 31.5 Å². The maximum Gasteiger partial charge on any atom is 0.237 e. The Morgan fingerprint density at radius 3 is 2.90 bits per heavy atom. The zero-order valence-corrected chi connectivity index (χ0v) is 17.9. The Bertz CT molecular complexity index is 624. The molecule has 3 heterocycles. The first-order valence-corrected chi connectivity index (χ1v) is 11.6. The Balaban J connectivity index is 1.06. The normalized spacial score (nSPS) is 38.0. The lowest BCUT2D eigenvalue weighted by Gasteiger charge is -2.41. The molecule has 0 aromatic heterocycles. The van der Waals surface area contributed by atoms with Crippen molar-refractivity contribution < 1.29 is 14.4 Å². The summed E-state index contributed by atoms with van der Waals surface area (Å²) in [7, 11) is 0. The number of nitrogens with two attached hydrogens (primary N) is 1. The molecule has 2 amide bonds. The molecule has 0 spiro atoms. The summed E-state index contributed by atoms with van der Waals surface area (Å²) < 4.78 is 0. The molecule has 0 radical (unpaired) electrons. The summed E-state index contributed by atoms with van der Waals surface area (Å²) in [5.41, 5.74) is 14.8. The molecule has 31 heavy (non-hydrogen) atoms. The largest absolute Gasteiger partial charge is 0.356 e. The summed E-state index contributed by atoms with van der Waals surface area (Å²) in [5.74, 6) is 0.597. The quantitative estimate of drug-likeness (QED) is 0.171. The number of fused-ring (bicyclic) bond motifs is 1. The van der Waals surface area contributed by atoms with E-state index in [9.17, 15) is 9.59 Å². The van der Waals surface area contributed by atoms with E-state index < -0.39 is 0 Å². The zero-order chi connectivity index (χ0) is 21.6. The number of carbonyl (C=O) groups excluding carboxylic acids is 2. The zero-order valence-electron chi connectivity index (χ0n) is 17.9. The Morgan fingerprint density at radius 2 is 2.06 bits per heavy atom. The molecule has 10 N–H and O–H groups in total. The van der Waals surface area contributed by atoms with Gasteiger partial charge in [0.25, 0.3) is 0 Å². The van der Waals surface area contributed by atoms with E-state index in [1.807, 2.05) is 0 Å². The Kier molecular flexibility index (Phi) is 8.07. The first-order chi connectivity index (χ1) is 15.1. The second kappa shape index (κ2) is 11.0. The lowest BCUT2D eigenvalue weighted by molar-refractivity contribution is -0.134. The van der Waals surface area contributed by atoms with E-state index in [-0.39, 0.29) is 48.5 Å². The highest BCUT2D eigenvalue weighted by molar-refractivity contribution is 5.79. The molecule has 7 atom stereocenters. The van der Waals surface area contributed by atoms with E-state index in [0.717, 1.165) is 32.2 Å². The number of nitrogens with one attached hydrogen (secondary N) is 8. The number of hydrazine groups is 1. The number of carbonyl (C=O) groups is 2. The van der Waals surface area contributed by atoms with Gasteiger partial charge in [-0.05, 0) is 32.2 Å². The van der Waals surface area contributed by atoms with Crippen LogP contribution in [0.1, 0.15) is 44.9 Å². The van der Waals surface area contributed by atoms with Crippen LogP contribution in [0.3, 0.4) is 0 Å². The van der Waals surface area contributed by atoms with Crippen molar-refractivity contribution in [3.63, 3.8) is 0 Å². The van der Waals surface area contributed by atoms with Gasteiger partial charge in [-0.15, -0.1) is 0 Å². The number of amides is 2. The molecule has 1 aliphatic carbocycles. The minimum Gasteiger partial charge on any atom is -0.356 e. The monoisotopic (exact) mass is 439 g/mol. The van der Waals surface area contributed by atoms with Gasteiger partial charge >= 0.3 is 0 Å². The van der Waals surface area contributed by atoms with Crippen LogP contribution in [0.2, 0.25) is 0 Å². The van der Waals surface area contributed by atoms with Gasteiger partial charge in [0.05, 0.1) is 18.4 Å². The summed E-state index contributed by atoms with van der Waals surface area (Å²) in [6.45, 7) is 2.06. The van der Waals surface area contributed by atoms with Gasteiger partial charge in [0.15, 0.2) is 0 Å². The minimum atomic E-state index is -0.219. The molecule has 4 aliphatic rings. The van der Waals surface area contributed by atoms with E-state index in [0.29, 0.717) is 32.0 Å². The van der Waals surface area contributed by atoms with E-state index in [4.69, 9.17) is 10.6 Å². The summed E-state index contributed by atoms with van der Waals surface area (Å²) in [6.07, 6.45) is 5.81. The number of hydroxylamine groups is 1. The second-order valence-electron chi connectivity index (χ2n) is 8.87. The van der Waals surface area contributed by atoms with Crippen molar-refractivity contribution in [1.29, 1.82) is 0 Å². The van der Waals surface area contributed by atoms with Gasteiger partial charge in [-0.3, -0.25) is 35.8 Å². The number of rotatable bonds is 9. The first kappa shape index (κ1) is 22.8. The summed E-state index contributed by atoms with van der Waals surface area (Å²) in [4.78, 5) is 29.7. The second-order valence-corrected chi connectivity index (χ2v) is 8.87. The third-order valence-electron chi connectivity index (χ3n) is 6.73. The average Bonchev–Trinajstić information content (AvgIpc) is 3.42. The van der Waals surface area contributed by atoms with Gasteiger partial charge in [-0.2, -0.15) is 5.48 Å². The van der Waals surface area contributed by atoms with Crippen molar-refractivity contribution in [3.8, 4) is 0 Å². The van der Waals surface area contributed by atoms with Crippen LogP contribution in [0, 0.1) is 11.8 Å². The third-order valence-corrected chi connectivity index (χ3v) is 6.73. The lowest BCUT2D eigenvalue weighted by atomic mass is 9.76. The molecule has 12 heteroatoms. The molecule has 12 nitrogen and oxygen atoms in total. The molecule has 0 bridgehead atoms. The molecular formula is C19H37N9O3. The summed E-state index contributed by atoms with van der Waals surface area (Å²) >= 11 is 0. The predicted molar refractivity (Wildman–Crippen MR) is 113 cm³/mol. The van der Waals surface area contributed by atoms with Crippen molar-refractivity contribution in [1.82, 2.24) is 42.9 Å². The fourth-order valence-electron chi connectivity index (χ4n) is 4.98. The minimum absolute atomic E-state index is 0.0154. The molecule has 176 valence electrons. The van der Waals surface area contributed by atoms with E-state index in [2.05, 4.69) is 42.9 Å². The van der Waals surface area contributed by atoms with Crippen LogP contribution in [-0.2, 0) is 14.4 Å². The standard InChI is InChI=1S/C19H37N9O3/c20-16-15(23-10-24-16)18-25-14(31-28-18)7-6-13(29)21-8-3-9-22-17-11-4-1-2-5-12(11)19(30)27-26-17/h11-12,14-18,22-26,28H,1-10,20H2,(H,21,29)(H,27,30). The Labute approximate surface area is 182 Å². The van der Waals surface area contributed by atoms with Gasteiger partial charge in [0.1, 0.15) is 12.4 Å². The fraction of sp³-hybridized carbons (Fsp3) is 0.895. The van der Waals surface area contributed by atoms with Gasteiger partial charge < -0.3 is 16.4 Å². The van der Waals surface area contributed by atoms with Crippen LogP contribution >= 0.6 is 0 Å². The van der Waals surface area contributed by atoms with Gasteiger partial charge in [-0.1, -0.05) is 12.8 Å². The first-order valence-electron chi connectivity index (χ1n) is 11.6. The van der Waals surface area contributed by atoms with Gasteiger partial charge in [-0.25, -0.2) is 5.43 Å². The van der Waals surface area contributed by atoms with Crippen molar-refractivity contribution in [2.75, 3.05) is 19.8 Å². The fourth-order valence-corrected chi connectivity index (χ4v) is 4.98. The van der Waals surface area contributed by atoms with Crippen molar-refractivity contribution in [2.24, 2.45) is 17.6 Å². The highest BCUT2D eigenvalue weighted by Crippen LogP contribution is 2.33. The highest BCUT2D eigenvalue weighted by Gasteiger charge is 2.39. The molecule has 3 saturated heterocycles. The number of hydrogen-bond acceptors (Lipinski definition) is 10. The highest BCUT2D eigenvalue weighted by atomic mass is 16.7. The average molecular weight is 440 g/mol. The number of hydrogen-bond donors (Lipinski definition) is 9. The van der Waals surface area contributed by atoms with Crippen LogP contribution < -0.4 is 48.6 Å². The van der Waals surface area contributed by atoms with Crippen LogP contribution in [0.5, 0.6) is 0 Å². The SMILES string of the molecule is NC1NCNC1C1NOC(CCC(=O)NCCCNC2NNC(=O)C3CCCCC23)N1. The van der Waals surface area contributed by atoms with Crippen molar-refractivity contribution >= 4 is 11.8 Å². The topological polar surface area (TPSA) is 166 Å². The molecule has 4 rings (SSSR count). The Morgan fingerprint density at radius 1 is 1.19 bits per heavy atom. The Hall–Kier alpha value is -1.38. The van der Waals surface area contributed by atoms with Crippen molar-refractivity contribution in [2.45, 2.75) is 75.7 Å². The third kappa shape index (κ3) is 5.90. The molecule has 0 aromatic rings. The van der Waals surface area contributed by atoms with Gasteiger partial charge in [0.2, 0.25) is 11.8 Å². The van der Waals surface area contributed by atoms with E-state index in [1.54, 1.807) is 0 Å². The molecule has 0 aromatic carbocycles. The summed E-state index contributed by atoms with van der Waals surface area (Å²) in [6, 6.07) is 0.0298. The molecule has 7 unspecified atom stereocenters. The summed E-state index contributed by atoms with van der Waals surface area (Å²) in [5, 5.41) is 16.2. The van der Waals surface area contributed by atoms with Crippen LogP contribution in [-0.4, -0.2) is 62.3 Å². The predicted octanol–water partition coefficient (Wildman–Crippen LogP) is -2.79. The molecule has 3 aliphatic heterocycles. The van der Waals surface area contributed by atoms with E-state index >= 15 is 0 Å². The lowest BCUT2D eigenvalue weighted by Crippen LogP contribution is -2.64. The maximum absolute atomic E-state index is 12.1. The van der Waals surface area contributed by atoms with Crippen LogP contribution in [0.4, 0.5) is 0 Å². The van der Waals surface area contributed by atoms with Crippen LogP contribution in [0.25, 0.3) is 0 Å². The van der Waals surface area contributed by atoms with Crippen LogP contribution in [0.15, 0.2) is 0 Å². The maximum atomic E-state index is 12.1. The molecule has 1 saturated carbocycles.